The summed E-state index contributed by atoms with van der Waals surface area (Å²) in [5.74, 6) is 2.07. The normalized spacial score (nSPS) is 18.7. The molecule has 0 amide bonds. The third-order valence-electron chi connectivity index (χ3n) is 5.01. The van der Waals surface area contributed by atoms with E-state index in [1.807, 2.05) is 6.92 Å². The maximum absolute atomic E-state index is 13.1. The van der Waals surface area contributed by atoms with E-state index in [0.29, 0.717) is 55.6 Å². The van der Waals surface area contributed by atoms with Crippen molar-refractivity contribution >= 4 is 23.4 Å². The van der Waals surface area contributed by atoms with Crippen molar-refractivity contribution in [2.24, 2.45) is 22.4 Å². The van der Waals surface area contributed by atoms with Crippen LogP contribution in [0.3, 0.4) is 0 Å². The highest BCUT2D eigenvalue weighted by atomic mass is 19.1. The van der Waals surface area contributed by atoms with Crippen molar-refractivity contribution in [3.05, 3.63) is 41.9 Å². The number of aromatic nitrogens is 4. The second kappa shape index (κ2) is 9.21. The second-order valence-electron chi connectivity index (χ2n) is 7.59. The van der Waals surface area contributed by atoms with Crippen LogP contribution in [0.1, 0.15) is 31.6 Å². The van der Waals surface area contributed by atoms with Gasteiger partial charge in [0.1, 0.15) is 17.5 Å². The van der Waals surface area contributed by atoms with Crippen LogP contribution in [-0.4, -0.2) is 52.1 Å². The molecule has 164 valence electrons. The summed E-state index contributed by atoms with van der Waals surface area (Å²) in [6.07, 6.45) is 6.11. The lowest BCUT2D eigenvalue weighted by molar-refractivity contribution is 0.122. The van der Waals surface area contributed by atoms with Crippen molar-refractivity contribution in [1.29, 1.82) is 0 Å². The molecule has 2 aliphatic rings. The summed E-state index contributed by atoms with van der Waals surface area (Å²) in [6.45, 7) is 4.50. The Kier molecular flexibility index (Phi) is 6.21. The van der Waals surface area contributed by atoms with Gasteiger partial charge in [0.2, 0.25) is 5.95 Å². The number of morpholine rings is 1. The van der Waals surface area contributed by atoms with Gasteiger partial charge in [-0.05, 0) is 31.8 Å². The lowest BCUT2D eigenvalue weighted by atomic mass is 10.3. The van der Waals surface area contributed by atoms with Crippen molar-refractivity contribution in [3.8, 4) is 0 Å². The number of anilines is 2. The molecule has 1 saturated carbocycles. The zero-order chi connectivity index (χ0) is 21.8. The zero-order valence-electron chi connectivity index (χ0n) is 17.3. The van der Waals surface area contributed by atoms with Gasteiger partial charge in [0.05, 0.1) is 31.6 Å². The Hall–Kier alpha value is -3.34. The van der Waals surface area contributed by atoms with Crippen LogP contribution in [0.15, 0.2) is 35.2 Å². The number of ether oxygens (including phenoxy) is 1. The Morgan fingerprint density at radius 2 is 1.97 bits per heavy atom. The van der Waals surface area contributed by atoms with E-state index in [0.717, 1.165) is 30.9 Å². The summed E-state index contributed by atoms with van der Waals surface area (Å²) in [5.41, 5.74) is 12.9. The standard InChI is InChI=1S/C20H26FN9O/c1-12(19-24-10-14(21)11-25-19)26-20-28-17(27-16(23)8-15(22)13-2-3-13)9-18(29-20)30-4-6-31-7-5-30/h8-13H,2-7,22H2,1H3,(H3,23,26,27,28,29)/b15-8-. The molecule has 1 saturated heterocycles. The molecule has 0 bridgehead atoms. The highest BCUT2D eigenvalue weighted by molar-refractivity contribution is 5.93. The Morgan fingerprint density at radius 3 is 2.65 bits per heavy atom. The predicted molar refractivity (Wildman–Crippen MR) is 115 cm³/mol. The van der Waals surface area contributed by atoms with E-state index in [1.165, 1.54) is 0 Å². The summed E-state index contributed by atoms with van der Waals surface area (Å²) in [6, 6.07) is 1.43. The Balaban J connectivity index is 1.60. The molecule has 0 spiro atoms. The van der Waals surface area contributed by atoms with E-state index < -0.39 is 5.82 Å². The van der Waals surface area contributed by atoms with Gasteiger partial charge in [-0.3, -0.25) is 0 Å². The van der Waals surface area contributed by atoms with Gasteiger partial charge in [-0.1, -0.05) is 0 Å². The van der Waals surface area contributed by atoms with Crippen LogP contribution in [0.5, 0.6) is 0 Å². The number of amidine groups is 1. The molecule has 2 aromatic rings. The number of nitrogens with two attached hydrogens (primary N) is 2. The van der Waals surface area contributed by atoms with Crippen molar-refractivity contribution in [3.63, 3.8) is 0 Å². The lowest BCUT2D eigenvalue weighted by Crippen LogP contribution is -2.36. The van der Waals surface area contributed by atoms with Crippen LogP contribution in [-0.2, 0) is 4.74 Å². The first-order valence-electron chi connectivity index (χ1n) is 10.2. The van der Waals surface area contributed by atoms with Crippen molar-refractivity contribution < 1.29 is 9.13 Å². The molecule has 3 heterocycles. The Morgan fingerprint density at radius 1 is 1.26 bits per heavy atom. The van der Waals surface area contributed by atoms with E-state index in [4.69, 9.17) is 16.2 Å². The van der Waals surface area contributed by atoms with Gasteiger partial charge < -0.3 is 26.4 Å². The van der Waals surface area contributed by atoms with E-state index in [1.54, 1.807) is 12.1 Å². The minimum atomic E-state index is -0.493. The van der Waals surface area contributed by atoms with Crippen molar-refractivity contribution in [2.75, 3.05) is 36.5 Å². The van der Waals surface area contributed by atoms with Crippen molar-refractivity contribution in [1.82, 2.24) is 19.9 Å². The summed E-state index contributed by atoms with van der Waals surface area (Å²) in [4.78, 5) is 23.6. The molecule has 1 aliphatic heterocycles. The number of nitrogens with one attached hydrogen (secondary N) is 1. The monoisotopic (exact) mass is 427 g/mol. The van der Waals surface area contributed by atoms with Crippen LogP contribution < -0.4 is 21.7 Å². The highest BCUT2D eigenvalue weighted by Gasteiger charge is 2.24. The maximum atomic E-state index is 13.1. The molecule has 5 N–H and O–H groups in total. The van der Waals surface area contributed by atoms with Gasteiger partial charge in [0.25, 0.3) is 0 Å². The molecule has 0 radical (unpaired) electrons. The van der Waals surface area contributed by atoms with E-state index in [2.05, 4.69) is 35.1 Å². The molecular formula is C20H26FN9O. The number of hydrogen-bond donors (Lipinski definition) is 3. The van der Waals surface area contributed by atoms with Crippen LogP contribution in [0.4, 0.5) is 22.0 Å². The first-order valence-corrected chi connectivity index (χ1v) is 10.2. The lowest BCUT2D eigenvalue weighted by Gasteiger charge is -2.28. The summed E-state index contributed by atoms with van der Waals surface area (Å²) >= 11 is 0. The molecule has 11 heteroatoms. The maximum Gasteiger partial charge on any atom is 0.227 e. The van der Waals surface area contributed by atoms with E-state index >= 15 is 0 Å². The number of hydrogen-bond acceptors (Lipinski definition) is 9. The van der Waals surface area contributed by atoms with Gasteiger partial charge >= 0.3 is 0 Å². The molecule has 1 aliphatic carbocycles. The van der Waals surface area contributed by atoms with Gasteiger partial charge in [0, 0.05) is 24.9 Å². The first-order chi connectivity index (χ1) is 15.0. The van der Waals surface area contributed by atoms with Gasteiger partial charge in [0.15, 0.2) is 11.6 Å². The average molecular weight is 427 g/mol. The SMILES string of the molecule is CC(Nc1nc(/N=C(N)\C=C(/N)C2CC2)cc(N2CCOCC2)n1)c1ncc(F)cn1. The van der Waals surface area contributed by atoms with Crippen LogP contribution in [0, 0.1) is 11.7 Å². The number of aliphatic imine (C=N–C) groups is 1. The smallest absolute Gasteiger partial charge is 0.227 e. The highest BCUT2D eigenvalue weighted by Crippen LogP contribution is 2.33. The molecular weight excluding hydrogens is 401 g/mol. The largest absolute Gasteiger partial charge is 0.402 e. The minimum Gasteiger partial charge on any atom is -0.402 e. The Bertz CT molecular complexity index is 969. The molecule has 0 aromatic carbocycles. The van der Waals surface area contributed by atoms with Crippen LogP contribution in [0.25, 0.3) is 0 Å². The van der Waals surface area contributed by atoms with Crippen LogP contribution >= 0.6 is 0 Å². The number of nitrogens with zero attached hydrogens (tertiary/aromatic N) is 6. The van der Waals surface area contributed by atoms with Gasteiger partial charge in [-0.25, -0.2) is 19.4 Å². The number of allylic oxidation sites excluding steroid dienone is 1. The Labute approximate surface area is 179 Å². The van der Waals surface area contributed by atoms with E-state index in [9.17, 15) is 4.39 Å². The zero-order valence-corrected chi connectivity index (χ0v) is 17.3. The summed E-state index contributed by atoms with van der Waals surface area (Å²) < 4.78 is 18.6. The second-order valence-corrected chi connectivity index (χ2v) is 7.59. The fourth-order valence-corrected chi connectivity index (χ4v) is 3.17. The fourth-order valence-electron chi connectivity index (χ4n) is 3.17. The van der Waals surface area contributed by atoms with Gasteiger partial charge in [-0.2, -0.15) is 9.97 Å². The molecule has 2 aromatic heterocycles. The third kappa shape index (κ3) is 5.63. The van der Waals surface area contributed by atoms with Crippen molar-refractivity contribution in [2.45, 2.75) is 25.8 Å². The molecule has 31 heavy (non-hydrogen) atoms. The number of halogens is 1. The topological polar surface area (TPSA) is 140 Å². The van der Waals surface area contributed by atoms with E-state index in [-0.39, 0.29) is 11.9 Å². The molecule has 1 unspecified atom stereocenters. The summed E-state index contributed by atoms with van der Waals surface area (Å²) in [5, 5.41) is 3.16. The quantitative estimate of drug-likeness (QED) is 0.444. The first kappa shape index (κ1) is 20.9. The fraction of sp³-hybridized carbons (Fsp3) is 0.450. The summed E-state index contributed by atoms with van der Waals surface area (Å²) in [7, 11) is 0. The third-order valence-corrected chi connectivity index (χ3v) is 5.01. The molecule has 2 fully saturated rings. The minimum absolute atomic E-state index is 0.289. The predicted octanol–water partition coefficient (Wildman–Crippen LogP) is 1.66. The molecule has 4 rings (SSSR count). The molecule has 10 nitrogen and oxygen atoms in total. The van der Waals surface area contributed by atoms with Gasteiger partial charge in [-0.15, -0.1) is 0 Å². The molecule has 1 atom stereocenters. The van der Waals surface area contributed by atoms with Crippen LogP contribution in [0.2, 0.25) is 0 Å². The average Bonchev–Trinajstić information content (AvgIpc) is 3.60. The number of rotatable bonds is 7.